The third-order valence-electron chi connectivity index (χ3n) is 5.10. The maximum absolute atomic E-state index is 13.3. The Labute approximate surface area is 171 Å². The van der Waals surface area contributed by atoms with Crippen molar-refractivity contribution in [3.63, 3.8) is 0 Å². The van der Waals surface area contributed by atoms with Gasteiger partial charge < -0.3 is 29.0 Å². The van der Waals surface area contributed by atoms with E-state index in [-0.39, 0.29) is 54.6 Å². The van der Waals surface area contributed by atoms with E-state index in [1.54, 1.807) is 36.4 Å². The van der Waals surface area contributed by atoms with Gasteiger partial charge in [0, 0.05) is 6.54 Å². The second-order valence-electron chi connectivity index (χ2n) is 6.84. The number of hydrogen-bond acceptors (Lipinski definition) is 7. The van der Waals surface area contributed by atoms with Crippen molar-refractivity contribution in [2.24, 2.45) is 0 Å². The van der Waals surface area contributed by atoms with Crippen molar-refractivity contribution in [2.75, 3.05) is 33.5 Å². The number of phenolic OH excluding ortho intramolecular Hbond substituents is 1. The van der Waals surface area contributed by atoms with E-state index in [0.717, 1.165) is 0 Å². The number of amides is 1. The molecule has 8 heteroatoms. The SMILES string of the molecule is COc1cc([C@H]2c3c(oc4ccccc4c3=O)C(=O)N2CCOCCO)ccc1O. The Morgan fingerprint density at radius 1 is 1.13 bits per heavy atom. The maximum atomic E-state index is 13.3. The fraction of sp³-hybridized carbons (Fsp3) is 0.273. The molecule has 0 saturated carbocycles. The monoisotopic (exact) mass is 411 g/mol. The lowest BCUT2D eigenvalue weighted by atomic mass is 9.98. The molecule has 1 amide bonds. The lowest BCUT2D eigenvalue weighted by molar-refractivity contribution is 0.0534. The zero-order valence-electron chi connectivity index (χ0n) is 16.3. The minimum atomic E-state index is -0.722. The molecular formula is C22H21NO7. The molecule has 2 aromatic carbocycles. The summed E-state index contributed by atoms with van der Waals surface area (Å²) in [4.78, 5) is 28.0. The summed E-state index contributed by atoms with van der Waals surface area (Å²) in [5, 5.41) is 19.3. The second-order valence-corrected chi connectivity index (χ2v) is 6.84. The van der Waals surface area contributed by atoms with Crippen LogP contribution in [0, 0.1) is 0 Å². The Hall–Kier alpha value is -3.36. The van der Waals surface area contributed by atoms with Crippen LogP contribution in [0.3, 0.4) is 0 Å². The number of methoxy groups -OCH3 is 1. The highest BCUT2D eigenvalue weighted by Crippen LogP contribution is 2.40. The predicted octanol–water partition coefficient (Wildman–Crippen LogP) is 2.06. The first kappa shape index (κ1) is 19.9. The maximum Gasteiger partial charge on any atom is 0.290 e. The quantitative estimate of drug-likeness (QED) is 0.573. The molecule has 0 saturated heterocycles. The van der Waals surface area contributed by atoms with Crippen LogP contribution in [0.4, 0.5) is 0 Å². The van der Waals surface area contributed by atoms with Gasteiger partial charge in [-0.3, -0.25) is 9.59 Å². The van der Waals surface area contributed by atoms with Gasteiger partial charge in [0.25, 0.3) is 5.91 Å². The van der Waals surface area contributed by atoms with Gasteiger partial charge >= 0.3 is 0 Å². The number of carbonyl (C=O) groups excluding carboxylic acids is 1. The predicted molar refractivity (Wildman–Crippen MR) is 108 cm³/mol. The number of hydrogen-bond donors (Lipinski definition) is 2. The van der Waals surface area contributed by atoms with E-state index in [1.165, 1.54) is 18.1 Å². The third-order valence-corrected chi connectivity index (χ3v) is 5.10. The molecule has 1 aromatic heterocycles. The number of para-hydroxylation sites is 1. The van der Waals surface area contributed by atoms with E-state index in [4.69, 9.17) is 19.0 Å². The zero-order valence-corrected chi connectivity index (χ0v) is 16.3. The minimum absolute atomic E-state index is 0.00194. The summed E-state index contributed by atoms with van der Waals surface area (Å²) in [5.74, 6) is -0.236. The lowest BCUT2D eigenvalue weighted by Gasteiger charge is -2.25. The molecule has 0 fully saturated rings. The first-order chi connectivity index (χ1) is 14.6. The molecule has 0 spiro atoms. The molecule has 1 aliphatic heterocycles. The Bertz CT molecular complexity index is 1150. The van der Waals surface area contributed by atoms with Crippen LogP contribution in [0.25, 0.3) is 11.0 Å². The molecule has 3 aromatic rings. The molecule has 1 aliphatic rings. The highest BCUT2D eigenvalue weighted by atomic mass is 16.5. The molecule has 1 atom stereocenters. The van der Waals surface area contributed by atoms with Crippen molar-refractivity contribution in [3.05, 3.63) is 69.6 Å². The number of benzene rings is 2. The van der Waals surface area contributed by atoms with E-state index in [1.807, 2.05) is 0 Å². The van der Waals surface area contributed by atoms with Gasteiger partial charge in [0.05, 0.1) is 43.9 Å². The highest BCUT2D eigenvalue weighted by molar-refractivity contribution is 5.99. The Morgan fingerprint density at radius 2 is 1.93 bits per heavy atom. The molecule has 0 unspecified atom stereocenters. The smallest absolute Gasteiger partial charge is 0.290 e. The molecule has 30 heavy (non-hydrogen) atoms. The fourth-order valence-corrected chi connectivity index (χ4v) is 3.74. The van der Waals surface area contributed by atoms with Crippen molar-refractivity contribution in [3.8, 4) is 11.5 Å². The normalized spacial score (nSPS) is 15.6. The average molecular weight is 411 g/mol. The summed E-state index contributed by atoms with van der Waals surface area (Å²) < 4.78 is 16.4. The van der Waals surface area contributed by atoms with Crippen LogP contribution in [0.15, 0.2) is 51.7 Å². The molecular weight excluding hydrogens is 390 g/mol. The highest BCUT2D eigenvalue weighted by Gasteiger charge is 2.42. The van der Waals surface area contributed by atoms with Crippen molar-refractivity contribution in [1.82, 2.24) is 4.90 Å². The first-order valence-corrected chi connectivity index (χ1v) is 9.49. The van der Waals surface area contributed by atoms with Gasteiger partial charge in [-0.1, -0.05) is 18.2 Å². The standard InChI is InChI=1S/C22H21NO7/c1-28-17-12-13(6-7-15(17)25)19-18-20(26)14-4-2-3-5-16(14)30-21(18)22(27)23(19)8-10-29-11-9-24/h2-7,12,19,24-25H,8-11H2,1H3/t19-/m0/s1. The molecule has 2 N–H and O–H groups in total. The summed E-state index contributed by atoms with van der Waals surface area (Å²) in [6, 6.07) is 10.8. The number of fused-ring (bicyclic) bond motifs is 2. The van der Waals surface area contributed by atoms with Gasteiger partial charge in [-0.05, 0) is 29.8 Å². The Balaban J connectivity index is 1.86. The number of ether oxygens (including phenoxy) is 2. The number of phenols is 1. The van der Waals surface area contributed by atoms with Crippen LogP contribution >= 0.6 is 0 Å². The van der Waals surface area contributed by atoms with Crippen LogP contribution < -0.4 is 10.2 Å². The largest absolute Gasteiger partial charge is 0.504 e. The van der Waals surface area contributed by atoms with Crippen molar-refractivity contribution in [2.45, 2.75) is 6.04 Å². The van der Waals surface area contributed by atoms with Crippen LogP contribution in [-0.2, 0) is 4.74 Å². The fourth-order valence-electron chi connectivity index (χ4n) is 3.74. The summed E-state index contributed by atoms with van der Waals surface area (Å²) in [6.07, 6.45) is 0. The first-order valence-electron chi connectivity index (χ1n) is 9.49. The minimum Gasteiger partial charge on any atom is -0.504 e. The van der Waals surface area contributed by atoms with Gasteiger partial charge in [0.1, 0.15) is 5.58 Å². The third kappa shape index (κ3) is 3.30. The second kappa shape index (κ2) is 8.17. The van der Waals surface area contributed by atoms with E-state index < -0.39 is 11.9 Å². The van der Waals surface area contributed by atoms with E-state index >= 15 is 0 Å². The molecule has 4 rings (SSSR count). The molecule has 8 nitrogen and oxygen atoms in total. The number of aliphatic hydroxyl groups excluding tert-OH is 1. The van der Waals surface area contributed by atoms with Crippen molar-refractivity contribution >= 4 is 16.9 Å². The number of aromatic hydroxyl groups is 1. The molecule has 2 heterocycles. The number of nitrogens with zero attached hydrogens (tertiary/aromatic N) is 1. The topological polar surface area (TPSA) is 109 Å². The molecule has 0 aliphatic carbocycles. The van der Waals surface area contributed by atoms with E-state index in [2.05, 4.69) is 0 Å². The van der Waals surface area contributed by atoms with Crippen LogP contribution in [0.1, 0.15) is 27.7 Å². The Kier molecular flexibility index (Phi) is 5.43. The summed E-state index contributed by atoms with van der Waals surface area (Å²) in [7, 11) is 1.43. The number of aliphatic hydroxyl groups is 1. The molecule has 0 radical (unpaired) electrons. The van der Waals surface area contributed by atoms with Gasteiger partial charge in [-0.15, -0.1) is 0 Å². The van der Waals surface area contributed by atoms with Gasteiger partial charge in [0.2, 0.25) is 5.76 Å². The van der Waals surface area contributed by atoms with Crippen molar-refractivity contribution in [1.29, 1.82) is 0 Å². The van der Waals surface area contributed by atoms with Gasteiger partial charge in [-0.25, -0.2) is 0 Å². The van der Waals surface area contributed by atoms with Crippen LogP contribution in [-0.4, -0.2) is 54.5 Å². The van der Waals surface area contributed by atoms with Crippen LogP contribution in [0.2, 0.25) is 0 Å². The van der Waals surface area contributed by atoms with Crippen LogP contribution in [0.5, 0.6) is 11.5 Å². The average Bonchev–Trinajstić information content (AvgIpc) is 3.04. The molecule has 156 valence electrons. The lowest BCUT2D eigenvalue weighted by Crippen LogP contribution is -2.33. The summed E-state index contributed by atoms with van der Waals surface area (Å²) in [6.45, 7) is 0.387. The molecule has 0 bridgehead atoms. The van der Waals surface area contributed by atoms with E-state index in [0.29, 0.717) is 16.5 Å². The van der Waals surface area contributed by atoms with Crippen molar-refractivity contribution < 1.29 is 28.9 Å². The Morgan fingerprint density at radius 3 is 2.70 bits per heavy atom. The van der Waals surface area contributed by atoms with Gasteiger partial charge in [-0.2, -0.15) is 0 Å². The summed E-state index contributed by atoms with van der Waals surface area (Å²) >= 11 is 0. The van der Waals surface area contributed by atoms with E-state index in [9.17, 15) is 14.7 Å². The summed E-state index contributed by atoms with van der Waals surface area (Å²) in [5.41, 5.74) is 0.904. The van der Waals surface area contributed by atoms with Gasteiger partial charge in [0.15, 0.2) is 16.9 Å². The number of rotatable bonds is 7. The zero-order chi connectivity index (χ0) is 21.3. The number of carbonyl (C=O) groups is 1.